The molecule has 7 heteroatoms. The van der Waals surface area contributed by atoms with Crippen molar-refractivity contribution in [2.24, 2.45) is 0 Å². The highest BCUT2D eigenvalue weighted by Gasteiger charge is 2.16. The molecule has 0 saturated carbocycles. The first-order chi connectivity index (χ1) is 5.95. The maximum Gasteiger partial charge on any atom is 0.469 e. The first-order valence-electron chi connectivity index (χ1n) is 3.52. The van der Waals surface area contributed by atoms with Gasteiger partial charge < -0.3 is 19.6 Å². The van der Waals surface area contributed by atoms with Crippen LogP contribution in [0, 0.1) is 0 Å². The molecule has 0 aromatic rings. The second kappa shape index (κ2) is 6.26. The quantitative estimate of drug-likeness (QED) is 0.303. The van der Waals surface area contributed by atoms with E-state index in [0.29, 0.717) is 0 Å². The molecule has 78 valence electrons. The lowest BCUT2D eigenvalue weighted by atomic mass is 10.4. The summed E-state index contributed by atoms with van der Waals surface area (Å²) in [6.45, 7) is 3.14. The number of hydrogen-bond donors (Lipinski definition) is 3. The molecular weight excluding hydrogens is 199 g/mol. The van der Waals surface area contributed by atoms with E-state index in [4.69, 9.17) is 19.6 Å². The van der Waals surface area contributed by atoms with E-state index in [9.17, 15) is 4.57 Å². The second-order valence-corrected chi connectivity index (χ2v) is 3.51. The Balaban J connectivity index is 3.45. The maximum atomic E-state index is 10.2. The molecule has 0 aliphatic heterocycles. The highest BCUT2D eigenvalue weighted by Crippen LogP contribution is 2.35. The average Bonchev–Trinajstić information content (AvgIpc) is 2.00. The van der Waals surface area contributed by atoms with Crippen LogP contribution in [0.2, 0.25) is 0 Å². The summed E-state index contributed by atoms with van der Waals surface area (Å²) in [7, 11) is -4.49. The van der Waals surface area contributed by atoms with Crippen LogP contribution in [-0.2, 0) is 13.8 Å². The molecule has 0 aliphatic rings. The first-order valence-corrected chi connectivity index (χ1v) is 5.05. The standard InChI is InChI=1S/C6H13O6P/c1-2-3-11-4-6(7)5-12-13(8,9)10/h2,6-7H,1,3-5H2,(H2,8,9,10)/t6-/m0/s1. The van der Waals surface area contributed by atoms with Crippen molar-refractivity contribution < 1.29 is 28.7 Å². The molecule has 0 aliphatic carbocycles. The van der Waals surface area contributed by atoms with Gasteiger partial charge in [-0.25, -0.2) is 4.57 Å². The summed E-state index contributed by atoms with van der Waals surface area (Å²) in [5, 5.41) is 9.01. The Labute approximate surface area is 76.0 Å². The van der Waals surface area contributed by atoms with E-state index in [0.717, 1.165) is 0 Å². The van der Waals surface area contributed by atoms with Crippen LogP contribution < -0.4 is 0 Å². The summed E-state index contributed by atoms with van der Waals surface area (Å²) in [4.78, 5) is 16.5. The van der Waals surface area contributed by atoms with E-state index in [-0.39, 0.29) is 13.2 Å². The molecule has 0 spiro atoms. The zero-order valence-corrected chi connectivity index (χ0v) is 7.89. The zero-order valence-electron chi connectivity index (χ0n) is 7.00. The number of phosphoric acid groups is 1. The van der Waals surface area contributed by atoms with Gasteiger partial charge in [0.05, 0.1) is 19.8 Å². The predicted molar refractivity (Wildman–Crippen MR) is 45.0 cm³/mol. The number of hydrogen-bond acceptors (Lipinski definition) is 4. The van der Waals surface area contributed by atoms with Gasteiger partial charge in [-0.3, -0.25) is 4.52 Å². The fourth-order valence-electron chi connectivity index (χ4n) is 0.519. The molecule has 0 saturated heterocycles. The Morgan fingerprint density at radius 1 is 1.46 bits per heavy atom. The van der Waals surface area contributed by atoms with E-state index in [1.807, 2.05) is 0 Å². The minimum atomic E-state index is -4.49. The van der Waals surface area contributed by atoms with Gasteiger partial charge in [0.25, 0.3) is 0 Å². The molecular formula is C6H13O6P. The molecule has 0 radical (unpaired) electrons. The van der Waals surface area contributed by atoms with Crippen LogP contribution in [-0.4, -0.2) is 40.8 Å². The van der Waals surface area contributed by atoms with E-state index in [1.165, 1.54) is 6.08 Å². The van der Waals surface area contributed by atoms with Crippen molar-refractivity contribution in [1.29, 1.82) is 0 Å². The molecule has 0 heterocycles. The maximum absolute atomic E-state index is 10.2. The third-order valence-corrected chi connectivity index (χ3v) is 1.47. The fraction of sp³-hybridized carbons (Fsp3) is 0.667. The van der Waals surface area contributed by atoms with E-state index >= 15 is 0 Å². The normalized spacial score (nSPS) is 14.1. The van der Waals surface area contributed by atoms with Crippen molar-refractivity contribution in [2.45, 2.75) is 6.10 Å². The van der Waals surface area contributed by atoms with Gasteiger partial charge >= 0.3 is 7.82 Å². The van der Waals surface area contributed by atoms with E-state index in [2.05, 4.69) is 11.1 Å². The molecule has 0 amide bonds. The average molecular weight is 212 g/mol. The van der Waals surface area contributed by atoms with Crippen LogP contribution in [0.15, 0.2) is 12.7 Å². The number of phosphoric ester groups is 1. The molecule has 3 N–H and O–H groups in total. The molecule has 0 rings (SSSR count). The molecule has 0 unspecified atom stereocenters. The lowest BCUT2D eigenvalue weighted by Crippen LogP contribution is -2.21. The van der Waals surface area contributed by atoms with Crippen LogP contribution in [0.1, 0.15) is 0 Å². The monoisotopic (exact) mass is 212 g/mol. The fourth-order valence-corrected chi connectivity index (χ4v) is 0.885. The third-order valence-electron chi connectivity index (χ3n) is 0.981. The SMILES string of the molecule is C=CCOC[C@H](O)COP(=O)(O)O. The van der Waals surface area contributed by atoms with Gasteiger partial charge in [-0.15, -0.1) is 6.58 Å². The second-order valence-electron chi connectivity index (χ2n) is 2.27. The first kappa shape index (κ1) is 12.8. The molecule has 0 aromatic heterocycles. The van der Waals surface area contributed by atoms with Gasteiger partial charge in [0.2, 0.25) is 0 Å². The van der Waals surface area contributed by atoms with Crippen LogP contribution in [0.4, 0.5) is 0 Å². The summed E-state index contributed by atoms with van der Waals surface area (Å²) in [6, 6.07) is 0. The minimum Gasteiger partial charge on any atom is -0.388 e. The highest BCUT2D eigenvalue weighted by atomic mass is 31.2. The van der Waals surface area contributed by atoms with Gasteiger partial charge in [-0.05, 0) is 0 Å². The largest absolute Gasteiger partial charge is 0.469 e. The number of aliphatic hydroxyl groups is 1. The summed E-state index contributed by atoms with van der Waals surface area (Å²) in [5.74, 6) is 0. The lowest BCUT2D eigenvalue weighted by molar-refractivity contribution is 0.0140. The van der Waals surface area contributed by atoms with Gasteiger partial charge in [0.1, 0.15) is 6.10 Å². The van der Waals surface area contributed by atoms with Gasteiger partial charge in [0, 0.05) is 0 Å². The van der Waals surface area contributed by atoms with Gasteiger partial charge in [-0.2, -0.15) is 0 Å². The topological polar surface area (TPSA) is 96.2 Å². The Morgan fingerprint density at radius 3 is 2.54 bits per heavy atom. The van der Waals surface area contributed by atoms with E-state index < -0.39 is 20.5 Å². The molecule has 1 atom stereocenters. The van der Waals surface area contributed by atoms with Crippen molar-refractivity contribution in [3.63, 3.8) is 0 Å². The van der Waals surface area contributed by atoms with Crippen molar-refractivity contribution in [1.82, 2.24) is 0 Å². The molecule has 0 bridgehead atoms. The van der Waals surface area contributed by atoms with Crippen molar-refractivity contribution in [3.8, 4) is 0 Å². The summed E-state index contributed by atoms with van der Waals surface area (Å²) >= 11 is 0. The molecule has 0 fully saturated rings. The number of aliphatic hydroxyl groups excluding tert-OH is 1. The lowest BCUT2D eigenvalue weighted by Gasteiger charge is -2.11. The molecule has 13 heavy (non-hydrogen) atoms. The van der Waals surface area contributed by atoms with Crippen LogP contribution in [0.25, 0.3) is 0 Å². The molecule has 0 aromatic carbocycles. The van der Waals surface area contributed by atoms with Crippen molar-refractivity contribution >= 4 is 7.82 Å². The highest BCUT2D eigenvalue weighted by molar-refractivity contribution is 7.46. The minimum absolute atomic E-state index is 0.0496. The smallest absolute Gasteiger partial charge is 0.388 e. The van der Waals surface area contributed by atoms with Crippen molar-refractivity contribution in [3.05, 3.63) is 12.7 Å². The summed E-state index contributed by atoms with van der Waals surface area (Å²) in [6.07, 6.45) is 0.448. The Kier molecular flexibility index (Phi) is 6.15. The van der Waals surface area contributed by atoms with Gasteiger partial charge in [-0.1, -0.05) is 6.08 Å². The summed E-state index contributed by atoms with van der Waals surface area (Å²) in [5.41, 5.74) is 0. The third kappa shape index (κ3) is 9.69. The van der Waals surface area contributed by atoms with Crippen LogP contribution >= 0.6 is 7.82 Å². The Hall–Kier alpha value is -0.230. The summed E-state index contributed by atoms with van der Waals surface area (Å²) < 4.78 is 19.0. The van der Waals surface area contributed by atoms with Gasteiger partial charge in [0.15, 0.2) is 0 Å². The Morgan fingerprint density at radius 2 is 2.08 bits per heavy atom. The zero-order chi connectivity index (χ0) is 10.3. The Bertz CT molecular complexity index is 188. The number of ether oxygens (including phenoxy) is 1. The van der Waals surface area contributed by atoms with Crippen LogP contribution in [0.3, 0.4) is 0 Å². The van der Waals surface area contributed by atoms with Crippen molar-refractivity contribution in [2.75, 3.05) is 19.8 Å². The molecule has 6 nitrogen and oxygen atoms in total. The predicted octanol–water partition coefficient (Wildman–Crippen LogP) is -0.341. The van der Waals surface area contributed by atoms with E-state index in [1.54, 1.807) is 0 Å². The van der Waals surface area contributed by atoms with Crippen LogP contribution in [0.5, 0.6) is 0 Å². The number of rotatable bonds is 7.